The van der Waals surface area contributed by atoms with Crippen LogP contribution in [0.15, 0.2) is 24.3 Å². The van der Waals surface area contributed by atoms with E-state index in [1.807, 2.05) is 31.2 Å². The zero-order valence-electron chi connectivity index (χ0n) is 14.7. The number of anilines is 1. The second-order valence-corrected chi connectivity index (χ2v) is 7.49. The number of aromatic nitrogens is 1. The Morgan fingerprint density at radius 3 is 2.78 bits per heavy atom. The molecule has 1 heterocycles. The number of nitrogens with zero attached hydrogens (tertiary/aromatic N) is 1. The highest BCUT2D eigenvalue weighted by Crippen LogP contribution is 2.38. The van der Waals surface area contributed by atoms with Crippen molar-refractivity contribution in [2.75, 3.05) is 5.73 Å². The molecule has 23 heavy (non-hydrogen) atoms. The quantitative estimate of drug-likeness (QED) is 0.871. The number of hydrogen-bond donors (Lipinski definition) is 1. The molecular weight excluding hydrogens is 284 g/mol. The smallest absolute Gasteiger partial charge is 0.131 e. The van der Waals surface area contributed by atoms with Crippen molar-refractivity contribution in [2.45, 2.75) is 53.1 Å². The van der Waals surface area contributed by atoms with Crippen LogP contribution in [0.4, 0.5) is 5.69 Å². The van der Waals surface area contributed by atoms with E-state index < -0.39 is 0 Å². The van der Waals surface area contributed by atoms with E-state index in [-0.39, 0.29) is 6.10 Å². The second-order valence-electron chi connectivity index (χ2n) is 7.49. The van der Waals surface area contributed by atoms with Crippen LogP contribution in [0, 0.1) is 24.7 Å². The van der Waals surface area contributed by atoms with Crippen molar-refractivity contribution in [3.63, 3.8) is 0 Å². The van der Waals surface area contributed by atoms with Gasteiger partial charge in [-0.1, -0.05) is 33.3 Å². The zero-order chi connectivity index (χ0) is 16.6. The standard InChI is InChI=1S/C20H28N2O/c1-12(2)15-9-8-13(3)10-19(15)23-18-7-5-6-17-20(18)16(21)11-14(4)22-17/h5-7,11-13,15,19H,8-10H2,1-4H3,(H2,21,22)/t13-,15+,19-/m1/s1. The molecule has 0 unspecified atom stereocenters. The van der Waals surface area contributed by atoms with Gasteiger partial charge in [-0.05, 0) is 55.7 Å². The van der Waals surface area contributed by atoms with Crippen molar-refractivity contribution < 1.29 is 4.74 Å². The fraction of sp³-hybridized carbons (Fsp3) is 0.550. The Labute approximate surface area is 139 Å². The molecule has 3 nitrogen and oxygen atoms in total. The molecule has 0 bridgehead atoms. The van der Waals surface area contributed by atoms with Gasteiger partial charge in [0.05, 0.1) is 10.9 Å². The average molecular weight is 312 g/mol. The predicted octanol–water partition coefficient (Wildman–Crippen LogP) is 4.97. The molecule has 1 aliphatic rings. The van der Waals surface area contributed by atoms with E-state index in [0.29, 0.717) is 11.8 Å². The van der Waals surface area contributed by atoms with Crippen LogP contribution in [0.2, 0.25) is 0 Å². The Morgan fingerprint density at radius 1 is 1.26 bits per heavy atom. The number of rotatable bonds is 3. The van der Waals surface area contributed by atoms with Crippen molar-refractivity contribution in [3.8, 4) is 5.75 Å². The van der Waals surface area contributed by atoms with E-state index in [1.54, 1.807) is 0 Å². The van der Waals surface area contributed by atoms with E-state index in [4.69, 9.17) is 10.5 Å². The summed E-state index contributed by atoms with van der Waals surface area (Å²) in [6.07, 6.45) is 3.95. The van der Waals surface area contributed by atoms with Gasteiger partial charge in [-0.25, -0.2) is 0 Å². The van der Waals surface area contributed by atoms with Gasteiger partial charge in [0.15, 0.2) is 0 Å². The van der Waals surface area contributed by atoms with Gasteiger partial charge in [0.25, 0.3) is 0 Å². The molecule has 1 aromatic carbocycles. The van der Waals surface area contributed by atoms with Crippen LogP contribution in [0.25, 0.3) is 10.9 Å². The van der Waals surface area contributed by atoms with Gasteiger partial charge in [0, 0.05) is 11.4 Å². The highest BCUT2D eigenvalue weighted by molar-refractivity contribution is 5.95. The SMILES string of the molecule is Cc1cc(N)c2c(O[C@@H]3C[C@H](C)CC[C@H]3C(C)C)cccc2n1. The topological polar surface area (TPSA) is 48.1 Å². The van der Waals surface area contributed by atoms with Gasteiger partial charge in [-0.15, -0.1) is 0 Å². The van der Waals surface area contributed by atoms with Crippen molar-refractivity contribution in [2.24, 2.45) is 17.8 Å². The predicted molar refractivity (Wildman–Crippen MR) is 96.7 cm³/mol. The summed E-state index contributed by atoms with van der Waals surface area (Å²) in [4.78, 5) is 4.60. The third-order valence-electron chi connectivity index (χ3n) is 5.19. The molecule has 1 aromatic heterocycles. The van der Waals surface area contributed by atoms with Gasteiger partial charge in [-0.3, -0.25) is 4.98 Å². The van der Waals surface area contributed by atoms with Crippen LogP contribution >= 0.6 is 0 Å². The van der Waals surface area contributed by atoms with Gasteiger partial charge in [0.1, 0.15) is 11.9 Å². The lowest BCUT2D eigenvalue weighted by atomic mass is 9.75. The lowest BCUT2D eigenvalue weighted by Gasteiger charge is -2.37. The van der Waals surface area contributed by atoms with Crippen LogP contribution in [0.5, 0.6) is 5.75 Å². The summed E-state index contributed by atoms with van der Waals surface area (Å²) >= 11 is 0. The number of hydrogen-bond acceptors (Lipinski definition) is 3. The minimum absolute atomic E-state index is 0.269. The Bertz CT molecular complexity index is 695. The maximum Gasteiger partial charge on any atom is 0.131 e. The summed E-state index contributed by atoms with van der Waals surface area (Å²) in [5.41, 5.74) is 8.89. The van der Waals surface area contributed by atoms with Crippen molar-refractivity contribution in [3.05, 3.63) is 30.0 Å². The summed E-state index contributed by atoms with van der Waals surface area (Å²) in [5, 5.41) is 0.957. The summed E-state index contributed by atoms with van der Waals surface area (Å²) in [6.45, 7) is 8.91. The molecule has 0 saturated heterocycles. The van der Waals surface area contributed by atoms with Gasteiger partial charge < -0.3 is 10.5 Å². The first-order chi connectivity index (χ1) is 11.0. The normalized spacial score (nSPS) is 25.0. The van der Waals surface area contributed by atoms with Gasteiger partial charge in [-0.2, -0.15) is 0 Å². The minimum Gasteiger partial charge on any atom is -0.489 e. The zero-order valence-corrected chi connectivity index (χ0v) is 14.7. The molecular formula is C20H28N2O. The second kappa shape index (κ2) is 6.38. The molecule has 1 aliphatic carbocycles. The number of nitrogens with two attached hydrogens (primary N) is 1. The molecule has 2 N–H and O–H groups in total. The molecule has 1 fully saturated rings. The Morgan fingerprint density at radius 2 is 2.04 bits per heavy atom. The molecule has 3 atom stereocenters. The third-order valence-corrected chi connectivity index (χ3v) is 5.19. The summed E-state index contributed by atoms with van der Waals surface area (Å²) in [5.74, 6) is 2.86. The lowest BCUT2D eigenvalue weighted by Crippen LogP contribution is -2.36. The monoisotopic (exact) mass is 312 g/mol. The molecule has 3 rings (SSSR count). The summed E-state index contributed by atoms with van der Waals surface area (Å²) in [6, 6.07) is 7.99. The molecule has 0 spiro atoms. The maximum absolute atomic E-state index is 6.51. The van der Waals surface area contributed by atoms with E-state index in [1.165, 1.54) is 12.8 Å². The molecule has 0 aliphatic heterocycles. The number of benzene rings is 1. The lowest BCUT2D eigenvalue weighted by molar-refractivity contribution is 0.0472. The van der Waals surface area contributed by atoms with Crippen molar-refractivity contribution in [1.29, 1.82) is 0 Å². The minimum atomic E-state index is 0.269. The van der Waals surface area contributed by atoms with E-state index in [0.717, 1.165) is 40.4 Å². The molecule has 3 heteroatoms. The van der Waals surface area contributed by atoms with Crippen LogP contribution in [0.3, 0.4) is 0 Å². The van der Waals surface area contributed by atoms with Gasteiger partial charge >= 0.3 is 0 Å². The van der Waals surface area contributed by atoms with E-state index in [9.17, 15) is 0 Å². The maximum atomic E-state index is 6.51. The number of pyridine rings is 1. The van der Waals surface area contributed by atoms with Crippen molar-refractivity contribution in [1.82, 2.24) is 4.98 Å². The molecule has 0 radical (unpaired) electrons. The van der Waals surface area contributed by atoms with Crippen LogP contribution in [0.1, 0.15) is 45.7 Å². The fourth-order valence-corrected chi connectivity index (χ4v) is 3.93. The Hall–Kier alpha value is -1.77. The third kappa shape index (κ3) is 3.29. The van der Waals surface area contributed by atoms with E-state index in [2.05, 4.69) is 25.8 Å². The van der Waals surface area contributed by atoms with E-state index >= 15 is 0 Å². The number of fused-ring (bicyclic) bond motifs is 1. The molecule has 2 aromatic rings. The van der Waals surface area contributed by atoms with Crippen LogP contribution in [-0.4, -0.2) is 11.1 Å². The highest BCUT2D eigenvalue weighted by atomic mass is 16.5. The van der Waals surface area contributed by atoms with Crippen LogP contribution in [-0.2, 0) is 0 Å². The average Bonchev–Trinajstić information content (AvgIpc) is 2.46. The first-order valence-corrected chi connectivity index (χ1v) is 8.78. The largest absolute Gasteiger partial charge is 0.489 e. The number of ether oxygens (including phenoxy) is 1. The highest BCUT2D eigenvalue weighted by Gasteiger charge is 2.32. The number of nitrogen functional groups attached to an aromatic ring is 1. The first kappa shape index (κ1) is 16.1. The van der Waals surface area contributed by atoms with Crippen molar-refractivity contribution >= 4 is 16.6 Å². The first-order valence-electron chi connectivity index (χ1n) is 8.78. The summed E-state index contributed by atoms with van der Waals surface area (Å²) in [7, 11) is 0. The fourth-order valence-electron chi connectivity index (χ4n) is 3.93. The Kier molecular flexibility index (Phi) is 4.47. The van der Waals surface area contributed by atoms with Gasteiger partial charge in [0.2, 0.25) is 0 Å². The molecule has 0 amide bonds. The number of aryl methyl sites for hydroxylation is 1. The Balaban J connectivity index is 1.97. The molecule has 1 saturated carbocycles. The molecule has 124 valence electrons. The summed E-state index contributed by atoms with van der Waals surface area (Å²) < 4.78 is 6.51. The van der Waals surface area contributed by atoms with Crippen LogP contribution < -0.4 is 10.5 Å².